The number of rotatable bonds is 7. The Morgan fingerprint density at radius 3 is 2.41 bits per heavy atom. The summed E-state index contributed by atoms with van der Waals surface area (Å²) in [7, 11) is 1.56. The summed E-state index contributed by atoms with van der Waals surface area (Å²) in [5.41, 5.74) is 1.62. The third kappa shape index (κ3) is 5.46. The lowest BCUT2D eigenvalue weighted by Crippen LogP contribution is -2.47. The van der Waals surface area contributed by atoms with Crippen LogP contribution in [0.1, 0.15) is 24.2 Å². The van der Waals surface area contributed by atoms with Gasteiger partial charge in [0, 0.05) is 44.6 Å². The Kier molecular flexibility index (Phi) is 6.33. The first-order valence-electron chi connectivity index (χ1n) is 9.34. The minimum absolute atomic E-state index is 0.292. The van der Waals surface area contributed by atoms with Gasteiger partial charge in [-0.05, 0) is 39.3 Å². The summed E-state index contributed by atoms with van der Waals surface area (Å²) in [6, 6.07) is 2.00. The maximum atomic E-state index is 11.4. The van der Waals surface area contributed by atoms with Crippen molar-refractivity contribution in [1.82, 2.24) is 29.6 Å². The molecule has 146 valence electrons. The van der Waals surface area contributed by atoms with Gasteiger partial charge in [-0.2, -0.15) is 10.1 Å². The van der Waals surface area contributed by atoms with Gasteiger partial charge >= 0.3 is 5.69 Å². The molecule has 1 aliphatic rings. The molecule has 0 radical (unpaired) electrons. The van der Waals surface area contributed by atoms with Crippen molar-refractivity contribution in [2.45, 2.75) is 26.7 Å². The van der Waals surface area contributed by atoms with E-state index in [2.05, 4.69) is 29.9 Å². The predicted octanol–water partition coefficient (Wildman–Crippen LogP) is 0.563. The normalized spacial score (nSPS) is 15.1. The zero-order valence-electron chi connectivity index (χ0n) is 16.3. The fourth-order valence-corrected chi connectivity index (χ4v) is 3.08. The quantitative estimate of drug-likeness (QED) is 0.651. The Hall–Kier alpha value is -2.55. The molecule has 0 spiro atoms. The third-order valence-electron chi connectivity index (χ3n) is 4.57. The monoisotopic (exact) mass is 373 g/mol. The van der Waals surface area contributed by atoms with Gasteiger partial charge in [-0.25, -0.2) is 19.4 Å². The molecule has 0 N–H and O–H groups in total. The molecule has 3 heterocycles. The van der Waals surface area contributed by atoms with E-state index in [4.69, 9.17) is 4.74 Å². The molecule has 9 nitrogen and oxygen atoms in total. The molecule has 0 atom stereocenters. The van der Waals surface area contributed by atoms with E-state index < -0.39 is 5.69 Å². The van der Waals surface area contributed by atoms with Gasteiger partial charge < -0.3 is 9.64 Å². The van der Waals surface area contributed by atoms with E-state index in [0.717, 1.165) is 62.9 Å². The summed E-state index contributed by atoms with van der Waals surface area (Å²) in [6.45, 7) is 9.51. The fourth-order valence-electron chi connectivity index (χ4n) is 3.08. The van der Waals surface area contributed by atoms with E-state index in [1.807, 2.05) is 19.9 Å². The molecule has 2 aromatic rings. The van der Waals surface area contributed by atoms with Crippen molar-refractivity contribution in [3.05, 3.63) is 34.1 Å². The summed E-state index contributed by atoms with van der Waals surface area (Å²) in [5, 5.41) is 3.89. The molecule has 1 fully saturated rings. The van der Waals surface area contributed by atoms with E-state index in [9.17, 15) is 4.79 Å². The minimum Gasteiger partial charge on any atom is -0.476 e. The lowest BCUT2D eigenvalue weighted by Gasteiger charge is -2.34. The Balaban J connectivity index is 1.35. The second kappa shape index (κ2) is 8.90. The molecule has 2 aromatic heterocycles. The Morgan fingerprint density at radius 2 is 1.74 bits per heavy atom. The van der Waals surface area contributed by atoms with Crippen LogP contribution in [0.15, 0.2) is 17.1 Å². The van der Waals surface area contributed by atoms with E-state index in [0.29, 0.717) is 12.5 Å². The van der Waals surface area contributed by atoms with Crippen LogP contribution in [-0.4, -0.2) is 69.0 Å². The van der Waals surface area contributed by atoms with E-state index in [1.54, 1.807) is 7.05 Å². The Labute approximate surface area is 159 Å². The molecule has 0 aromatic carbocycles. The molecular formula is C18H27N7O2. The van der Waals surface area contributed by atoms with Crippen molar-refractivity contribution in [2.75, 3.05) is 44.2 Å². The van der Waals surface area contributed by atoms with Crippen LogP contribution in [0.2, 0.25) is 0 Å². The van der Waals surface area contributed by atoms with E-state index >= 15 is 0 Å². The van der Waals surface area contributed by atoms with Crippen LogP contribution >= 0.6 is 0 Å². The number of hydrogen-bond donors (Lipinski definition) is 0. The standard InChI is InChI=1S/C18H27N7O2/c1-14-12-15(2)21-17(20-14)25-9-7-24(8-10-25)6-4-5-11-27-16-13-19-23(3)18(26)22-16/h12-13H,4-11H2,1-3H3. The molecule has 0 amide bonds. The molecule has 0 aliphatic carbocycles. The van der Waals surface area contributed by atoms with Crippen LogP contribution in [0, 0.1) is 13.8 Å². The van der Waals surface area contributed by atoms with E-state index in [-0.39, 0.29) is 0 Å². The molecule has 3 rings (SSSR count). The van der Waals surface area contributed by atoms with E-state index in [1.165, 1.54) is 10.9 Å². The van der Waals surface area contributed by atoms with Gasteiger partial charge in [0.2, 0.25) is 11.8 Å². The Bertz CT molecular complexity index is 795. The average Bonchev–Trinajstić information content (AvgIpc) is 2.64. The first-order valence-corrected chi connectivity index (χ1v) is 9.34. The molecular weight excluding hydrogens is 346 g/mol. The highest BCUT2D eigenvalue weighted by Crippen LogP contribution is 2.13. The zero-order valence-corrected chi connectivity index (χ0v) is 16.3. The van der Waals surface area contributed by atoms with Gasteiger partial charge in [-0.1, -0.05) is 0 Å². The van der Waals surface area contributed by atoms with Crippen LogP contribution in [-0.2, 0) is 7.05 Å². The van der Waals surface area contributed by atoms with Crippen molar-refractivity contribution in [1.29, 1.82) is 0 Å². The molecule has 0 bridgehead atoms. The van der Waals surface area contributed by atoms with Crippen molar-refractivity contribution in [3.8, 4) is 5.88 Å². The smallest absolute Gasteiger partial charge is 0.366 e. The van der Waals surface area contributed by atoms with Crippen molar-refractivity contribution in [3.63, 3.8) is 0 Å². The maximum absolute atomic E-state index is 11.4. The highest BCUT2D eigenvalue weighted by atomic mass is 16.5. The molecule has 9 heteroatoms. The second-order valence-corrected chi connectivity index (χ2v) is 6.84. The van der Waals surface area contributed by atoms with Crippen molar-refractivity contribution in [2.24, 2.45) is 7.05 Å². The van der Waals surface area contributed by atoms with Gasteiger partial charge in [0.05, 0.1) is 6.61 Å². The van der Waals surface area contributed by atoms with Crippen LogP contribution < -0.4 is 15.3 Å². The first-order chi connectivity index (χ1) is 13.0. The number of nitrogens with zero attached hydrogens (tertiary/aromatic N) is 7. The zero-order chi connectivity index (χ0) is 19.2. The summed E-state index contributed by atoms with van der Waals surface area (Å²) in [4.78, 5) is 29.0. The number of aryl methyl sites for hydroxylation is 3. The van der Waals surface area contributed by atoms with Crippen LogP contribution in [0.5, 0.6) is 5.88 Å². The number of unbranched alkanes of at least 4 members (excludes halogenated alkanes) is 1. The molecule has 1 saturated heterocycles. The van der Waals surface area contributed by atoms with Gasteiger partial charge in [0.1, 0.15) is 6.20 Å². The molecule has 0 saturated carbocycles. The number of hydrogen-bond acceptors (Lipinski definition) is 8. The molecule has 27 heavy (non-hydrogen) atoms. The predicted molar refractivity (Wildman–Crippen MR) is 102 cm³/mol. The van der Waals surface area contributed by atoms with Gasteiger partial charge in [0.15, 0.2) is 0 Å². The number of anilines is 1. The Morgan fingerprint density at radius 1 is 1.04 bits per heavy atom. The van der Waals surface area contributed by atoms with Gasteiger partial charge in [-0.15, -0.1) is 0 Å². The van der Waals surface area contributed by atoms with Gasteiger partial charge in [0.25, 0.3) is 0 Å². The lowest BCUT2D eigenvalue weighted by molar-refractivity contribution is 0.235. The SMILES string of the molecule is Cc1cc(C)nc(N2CCN(CCCCOc3cnn(C)c(=O)n3)CC2)n1. The van der Waals surface area contributed by atoms with Crippen LogP contribution in [0.25, 0.3) is 0 Å². The maximum Gasteiger partial charge on any atom is 0.366 e. The minimum atomic E-state index is -0.404. The summed E-state index contributed by atoms with van der Waals surface area (Å²) in [6.07, 6.45) is 3.42. The lowest BCUT2D eigenvalue weighted by atomic mass is 10.2. The average molecular weight is 373 g/mol. The molecule has 1 aliphatic heterocycles. The van der Waals surface area contributed by atoms with Crippen LogP contribution in [0.3, 0.4) is 0 Å². The topological polar surface area (TPSA) is 89.3 Å². The number of aromatic nitrogens is 5. The highest BCUT2D eigenvalue weighted by Gasteiger charge is 2.19. The number of ether oxygens (including phenoxy) is 1. The third-order valence-corrected chi connectivity index (χ3v) is 4.57. The van der Waals surface area contributed by atoms with Crippen molar-refractivity contribution >= 4 is 5.95 Å². The fraction of sp³-hybridized carbons (Fsp3) is 0.611. The summed E-state index contributed by atoms with van der Waals surface area (Å²) >= 11 is 0. The summed E-state index contributed by atoms with van der Waals surface area (Å²) < 4.78 is 6.67. The second-order valence-electron chi connectivity index (χ2n) is 6.84. The highest BCUT2D eigenvalue weighted by molar-refractivity contribution is 5.32. The number of piperazine rings is 1. The van der Waals surface area contributed by atoms with Crippen molar-refractivity contribution < 1.29 is 4.74 Å². The largest absolute Gasteiger partial charge is 0.476 e. The molecule has 0 unspecified atom stereocenters. The van der Waals surface area contributed by atoms with Crippen LogP contribution in [0.4, 0.5) is 5.95 Å². The first kappa shape index (κ1) is 19.2. The summed E-state index contributed by atoms with van der Waals surface area (Å²) in [5.74, 6) is 1.14. The van der Waals surface area contributed by atoms with Gasteiger partial charge in [-0.3, -0.25) is 4.90 Å².